The number of carbonyl (C=O) groups is 1. The zero-order valence-corrected chi connectivity index (χ0v) is 20.5. The van der Waals surface area contributed by atoms with Gasteiger partial charge in [-0.1, -0.05) is 11.6 Å². The third-order valence-corrected chi connectivity index (χ3v) is 6.82. The number of nitrogens with one attached hydrogen (secondary N) is 1. The fraction of sp³-hybridized carbons (Fsp3) is 0.208. The van der Waals surface area contributed by atoms with Crippen molar-refractivity contribution in [3.8, 4) is 17.2 Å². The highest BCUT2D eigenvalue weighted by atomic mass is 35.5. The molecule has 0 saturated heterocycles. The number of methoxy groups -OCH3 is 2. The van der Waals surface area contributed by atoms with Crippen LogP contribution in [0.2, 0.25) is 5.02 Å². The summed E-state index contributed by atoms with van der Waals surface area (Å²) >= 11 is 5.98. The van der Waals surface area contributed by atoms with Gasteiger partial charge in [0.25, 0.3) is 10.0 Å². The van der Waals surface area contributed by atoms with Crippen molar-refractivity contribution in [2.24, 2.45) is 0 Å². The fourth-order valence-corrected chi connectivity index (χ4v) is 4.72. The van der Waals surface area contributed by atoms with Gasteiger partial charge >= 0.3 is 0 Å². The van der Waals surface area contributed by atoms with Crippen molar-refractivity contribution in [3.63, 3.8) is 0 Å². The Labute approximate surface area is 204 Å². The van der Waals surface area contributed by atoms with Crippen molar-refractivity contribution >= 4 is 38.9 Å². The lowest BCUT2D eigenvalue weighted by Gasteiger charge is -2.24. The number of anilines is 2. The van der Waals surface area contributed by atoms with Gasteiger partial charge < -0.3 is 19.5 Å². The van der Waals surface area contributed by atoms with Crippen molar-refractivity contribution in [1.29, 1.82) is 0 Å². The molecule has 1 amide bonds. The summed E-state index contributed by atoms with van der Waals surface area (Å²) in [7, 11) is -1.28. The molecule has 0 aromatic heterocycles. The van der Waals surface area contributed by atoms with Crippen LogP contribution in [-0.2, 0) is 14.8 Å². The van der Waals surface area contributed by atoms with E-state index in [9.17, 15) is 13.2 Å². The number of sulfonamides is 1. The van der Waals surface area contributed by atoms with E-state index in [1.807, 2.05) is 6.92 Å². The van der Waals surface area contributed by atoms with Crippen LogP contribution < -0.4 is 23.8 Å². The summed E-state index contributed by atoms with van der Waals surface area (Å²) in [4.78, 5) is 12.8. The molecule has 0 aliphatic heterocycles. The zero-order chi connectivity index (χ0) is 24.7. The van der Waals surface area contributed by atoms with Gasteiger partial charge in [-0.25, -0.2) is 8.42 Å². The number of ether oxygens (including phenoxy) is 3. The first-order chi connectivity index (χ1) is 16.3. The van der Waals surface area contributed by atoms with Crippen LogP contribution in [0.5, 0.6) is 17.2 Å². The maximum atomic E-state index is 13.6. The van der Waals surface area contributed by atoms with Gasteiger partial charge in [-0.2, -0.15) is 0 Å². The molecule has 0 unspecified atom stereocenters. The molecule has 0 spiro atoms. The maximum Gasteiger partial charge on any atom is 0.264 e. The molecule has 3 aromatic rings. The van der Waals surface area contributed by atoms with Crippen LogP contribution in [-0.4, -0.2) is 41.7 Å². The van der Waals surface area contributed by atoms with Crippen molar-refractivity contribution in [3.05, 3.63) is 71.8 Å². The van der Waals surface area contributed by atoms with Gasteiger partial charge in [0.1, 0.15) is 12.3 Å². The lowest BCUT2D eigenvalue weighted by atomic mass is 10.3. The van der Waals surface area contributed by atoms with E-state index in [1.54, 1.807) is 36.4 Å². The second-order valence-electron chi connectivity index (χ2n) is 7.01. The fourth-order valence-electron chi connectivity index (χ4n) is 3.16. The molecule has 180 valence electrons. The van der Waals surface area contributed by atoms with E-state index >= 15 is 0 Å². The van der Waals surface area contributed by atoms with Crippen LogP contribution in [0.4, 0.5) is 11.4 Å². The minimum absolute atomic E-state index is 0.0611. The largest absolute Gasteiger partial charge is 0.494 e. The lowest BCUT2D eigenvalue weighted by molar-refractivity contribution is -0.114. The third kappa shape index (κ3) is 5.92. The first kappa shape index (κ1) is 25.2. The first-order valence-electron chi connectivity index (χ1n) is 10.3. The molecule has 0 aliphatic rings. The molecule has 0 radical (unpaired) electrons. The number of hydrogen-bond donors (Lipinski definition) is 1. The number of nitrogens with zero attached hydrogens (tertiary/aromatic N) is 1. The Kier molecular flexibility index (Phi) is 8.25. The van der Waals surface area contributed by atoms with Gasteiger partial charge in [0.05, 0.1) is 31.4 Å². The molecule has 34 heavy (non-hydrogen) atoms. The lowest BCUT2D eigenvalue weighted by Crippen LogP contribution is -2.38. The number of rotatable bonds is 10. The molecule has 1 N–H and O–H groups in total. The van der Waals surface area contributed by atoms with Crippen LogP contribution >= 0.6 is 11.6 Å². The predicted molar refractivity (Wildman–Crippen MR) is 132 cm³/mol. The van der Waals surface area contributed by atoms with E-state index in [-0.39, 0.29) is 16.3 Å². The van der Waals surface area contributed by atoms with Gasteiger partial charge in [0.15, 0.2) is 11.5 Å². The van der Waals surface area contributed by atoms with Crippen LogP contribution in [0, 0.1) is 0 Å². The Hall–Kier alpha value is -3.43. The second kappa shape index (κ2) is 11.1. The maximum absolute atomic E-state index is 13.6. The summed E-state index contributed by atoms with van der Waals surface area (Å²) in [6.07, 6.45) is 0. The monoisotopic (exact) mass is 504 g/mol. The Morgan fingerprint density at radius 1 is 0.941 bits per heavy atom. The molecule has 3 aromatic carbocycles. The molecular weight excluding hydrogens is 480 g/mol. The highest BCUT2D eigenvalue weighted by molar-refractivity contribution is 7.92. The van der Waals surface area contributed by atoms with Gasteiger partial charge in [-0.05, 0) is 67.6 Å². The van der Waals surface area contributed by atoms with Crippen molar-refractivity contribution in [2.75, 3.05) is 37.0 Å². The Morgan fingerprint density at radius 2 is 1.59 bits per heavy atom. The molecule has 0 atom stereocenters. The zero-order valence-electron chi connectivity index (χ0n) is 18.9. The number of benzene rings is 3. The van der Waals surface area contributed by atoms with Crippen LogP contribution in [0.3, 0.4) is 0 Å². The topological polar surface area (TPSA) is 94.2 Å². The van der Waals surface area contributed by atoms with Gasteiger partial charge in [-0.15, -0.1) is 0 Å². The first-order valence-corrected chi connectivity index (χ1v) is 12.1. The Bertz CT molecular complexity index is 1230. The van der Waals surface area contributed by atoms with Gasteiger partial charge in [0, 0.05) is 16.8 Å². The standard InChI is InChI=1S/C24H25ClN2O6S/c1-4-33-20-11-7-18(8-12-20)26-24(28)16-27(19-9-5-17(25)6-10-19)34(29,30)21-13-14-22(31-2)23(15-21)32-3/h5-15H,4,16H2,1-3H3,(H,26,28). The summed E-state index contributed by atoms with van der Waals surface area (Å²) in [5.74, 6) is 0.772. The number of halogens is 1. The van der Waals surface area contributed by atoms with Gasteiger partial charge in [-0.3, -0.25) is 9.10 Å². The highest BCUT2D eigenvalue weighted by Gasteiger charge is 2.28. The van der Waals surface area contributed by atoms with Crippen molar-refractivity contribution < 1.29 is 27.4 Å². The smallest absolute Gasteiger partial charge is 0.264 e. The Balaban J connectivity index is 1.92. The number of hydrogen-bond acceptors (Lipinski definition) is 6. The summed E-state index contributed by atoms with van der Waals surface area (Å²) in [6.45, 7) is 1.93. The van der Waals surface area contributed by atoms with Crippen LogP contribution in [0.15, 0.2) is 71.6 Å². The van der Waals surface area contributed by atoms with E-state index < -0.39 is 22.5 Å². The van der Waals surface area contributed by atoms with E-state index in [2.05, 4.69) is 5.32 Å². The molecule has 0 bridgehead atoms. The molecule has 3 rings (SSSR count). The minimum atomic E-state index is -4.15. The van der Waals surface area contributed by atoms with Crippen molar-refractivity contribution in [2.45, 2.75) is 11.8 Å². The summed E-state index contributed by atoms with van der Waals surface area (Å²) in [6, 6.07) is 17.2. The number of amides is 1. The highest BCUT2D eigenvalue weighted by Crippen LogP contribution is 2.32. The van der Waals surface area contributed by atoms with Gasteiger partial charge in [0.2, 0.25) is 5.91 Å². The van der Waals surface area contributed by atoms with Crippen LogP contribution in [0.25, 0.3) is 0 Å². The third-order valence-electron chi connectivity index (χ3n) is 4.79. The molecule has 0 aliphatic carbocycles. The summed E-state index contributed by atoms with van der Waals surface area (Å²) in [5, 5.41) is 3.15. The SMILES string of the molecule is CCOc1ccc(NC(=O)CN(c2ccc(Cl)cc2)S(=O)(=O)c2ccc(OC)c(OC)c2)cc1. The second-order valence-corrected chi connectivity index (χ2v) is 9.31. The predicted octanol–water partition coefficient (Wildman–Crippen LogP) is 4.59. The average Bonchev–Trinajstić information content (AvgIpc) is 2.84. The molecule has 0 fully saturated rings. The summed E-state index contributed by atoms with van der Waals surface area (Å²) in [5.41, 5.74) is 0.786. The van der Waals surface area contributed by atoms with E-state index in [0.29, 0.717) is 28.8 Å². The van der Waals surface area contributed by atoms with E-state index in [0.717, 1.165) is 4.31 Å². The molecule has 8 nitrogen and oxygen atoms in total. The van der Waals surface area contributed by atoms with E-state index in [1.165, 1.54) is 44.6 Å². The number of carbonyl (C=O) groups excluding carboxylic acids is 1. The van der Waals surface area contributed by atoms with Crippen molar-refractivity contribution in [1.82, 2.24) is 0 Å². The summed E-state index contributed by atoms with van der Waals surface area (Å²) < 4.78 is 44.0. The Morgan fingerprint density at radius 3 is 2.18 bits per heavy atom. The quantitative estimate of drug-likeness (QED) is 0.434. The minimum Gasteiger partial charge on any atom is -0.494 e. The molecule has 0 heterocycles. The molecule has 10 heteroatoms. The molecular formula is C24H25ClN2O6S. The normalized spacial score (nSPS) is 10.9. The average molecular weight is 505 g/mol. The van der Waals surface area contributed by atoms with E-state index in [4.69, 9.17) is 25.8 Å². The molecule has 0 saturated carbocycles. The van der Waals surface area contributed by atoms with Crippen LogP contribution in [0.1, 0.15) is 6.92 Å².